The van der Waals surface area contributed by atoms with E-state index in [9.17, 15) is 9.59 Å². The van der Waals surface area contributed by atoms with Crippen LogP contribution in [0.2, 0.25) is 0 Å². The Morgan fingerprint density at radius 2 is 1.44 bits per heavy atom. The molecule has 134 valence electrons. The molecule has 0 saturated heterocycles. The Morgan fingerprint density at radius 1 is 0.778 bits per heavy atom. The number of carbonyl (C=O) groups is 2. The highest BCUT2D eigenvalue weighted by Crippen LogP contribution is 2.21. The van der Waals surface area contributed by atoms with Crippen molar-refractivity contribution in [1.82, 2.24) is 5.43 Å². The third kappa shape index (κ3) is 5.54. The molecular weight excluding hydrogens is 342 g/mol. The fourth-order valence-electron chi connectivity index (χ4n) is 2.21. The molecule has 0 radical (unpaired) electrons. The molecule has 0 aliphatic carbocycles. The molecule has 2 amide bonds. The maximum atomic E-state index is 11.8. The average molecular weight is 359 g/mol. The molecule has 0 heterocycles. The van der Waals surface area contributed by atoms with E-state index in [0.717, 1.165) is 5.75 Å². The normalized spacial score (nSPS) is 10.4. The average Bonchev–Trinajstić information content (AvgIpc) is 2.70. The predicted octanol–water partition coefficient (Wildman–Crippen LogP) is 3.57. The second-order valence-corrected chi connectivity index (χ2v) is 5.51. The van der Waals surface area contributed by atoms with Gasteiger partial charge in [-0.15, -0.1) is 0 Å². The highest BCUT2D eigenvalue weighted by atomic mass is 16.5. The molecule has 3 rings (SSSR count). The molecule has 0 fully saturated rings. The standard InChI is InChI=1S/C21H17N3O3/c25-20(23-17-9-3-1-4-10-17)21(26)24-22-15-16-8-7-13-19(14-16)27-18-11-5-2-6-12-18/h1-15H,(H,23,25)(H,24,26)/b22-15+. The zero-order valence-corrected chi connectivity index (χ0v) is 14.3. The molecule has 0 aromatic heterocycles. The van der Waals surface area contributed by atoms with E-state index >= 15 is 0 Å². The van der Waals surface area contributed by atoms with E-state index in [2.05, 4.69) is 15.8 Å². The predicted molar refractivity (Wildman–Crippen MR) is 104 cm³/mol. The van der Waals surface area contributed by atoms with Crippen molar-refractivity contribution in [2.45, 2.75) is 0 Å². The first-order chi connectivity index (χ1) is 13.2. The fraction of sp³-hybridized carbons (Fsp3) is 0. The van der Waals surface area contributed by atoms with Crippen molar-refractivity contribution in [3.05, 3.63) is 90.5 Å². The summed E-state index contributed by atoms with van der Waals surface area (Å²) in [7, 11) is 0. The van der Waals surface area contributed by atoms with Crippen molar-refractivity contribution in [3.63, 3.8) is 0 Å². The Morgan fingerprint density at radius 3 is 2.19 bits per heavy atom. The number of hydrazone groups is 1. The number of rotatable bonds is 5. The lowest BCUT2D eigenvalue weighted by Gasteiger charge is -2.06. The third-order valence-corrected chi connectivity index (χ3v) is 3.45. The topological polar surface area (TPSA) is 79.8 Å². The van der Waals surface area contributed by atoms with E-state index in [4.69, 9.17) is 4.74 Å². The van der Waals surface area contributed by atoms with Gasteiger partial charge >= 0.3 is 11.8 Å². The van der Waals surface area contributed by atoms with Crippen LogP contribution in [-0.2, 0) is 9.59 Å². The van der Waals surface area contributed by atoms with Crippen LogP contribution in [0.1, 0.15) is 5.56 Å². The summed E-state index contributed by atoms with van der Waals surface area (Å²) in [6.45, 7) is 0. The van der Waals surface area contributed by atoms with Crippen LogP contribution >= 0.6 is 0 Å². The number of hydrogen-bond acceptors (Lipinski definition) is 4. The summed E-state index contributed by atoms with van der Waals surface area (Å²) in [6, 6.07) is 25.3. The van der Waals surface area contributed by atoms with Crippen molar-refractivity contribution in [3.8, 4) is 11.5 Å². The molecule has 0 atom stereocenters. The molecular formula is C21H17N3O3. The largest absolute Gasteiger partial charge is 0.457 e. The van der Waals surface area contributed by atoms with E-state index in [1.807, 2.05) is 48.5 Å². The minimum atomic E-state index is -0.855. The van der Waals surface area contributed by atoms with Gasteiger partial charge in [-0.2, -0.15) is 5.10 Å². The van der Waals surface area contributed by atoms with E-state index in [-0.39, 0.29) is 0 Å². The molecule has 3 aromatic rings. The summed E-state index contributed by atoms with van der Waals surface area (Å²) >= 11 is 0. The van der Waals surface area contributed by atoms with Gasteiger partial charge in [0.2, 0.25) is 0 Å². The second kappa shape index (κ2) is 8.96. The van der Waals surface area contributed by atoms with Crippen molar-refractivity contribution in [2.24, 2.45) is 5.10 Å². The summed E-state index contributed by atoms with van der Waals surface area (Å²) in [5.41, 5.74) is 3.45. The van der Waals surface area contributed by atoms with E-state index in [1.165, 1.54) is 6.21 Å². The van der Waals surface area contributed by atoms with Gasteiger partial charge in [-0.25, -0.2) is 5.43 Å². The van der Waals surface area contributed by atoms with Crippen molar-refractivity contribution < 1.29 is 14.3 Å². The van der Waals surface area contributed by atoms with Crippen LogP contribution in [0, 0.1) is 0 Å². The smallest absolute Gasteiger partial charge is 0.329 e. The summed E-state index contributed by atoms with van der Waals surface area (Å²) in [5, 5.41) is 6.29. The zero-order valence-electron chi connectivity index (χ0n) is 14.3. The first kappa shape index (κ1) is 17.9. The molecule has 0 unspecified atom stereocenters. The van der Waals surface area contributed by atoms with E-state index < -0.39 is 11.8 Å². The molecule has 0 bridgehead atoms. The van der Waals surface area contributed by atoms with Gasteiger partial charge in [0.05, 0.1) is 6.21 Å². The Hall–Kier alpha value is -3.93. The lowest BCUT2D eigenvalue weighted by atomic mass is 10.2. The second-order valence-electron chi connectivity index (χ2n) is 5.51. The van der Waals surface area contributed by atoms with Crippen LogP contribution in [0.15, 0.2) is 90.0 Å². The fourth-order valence-corrected chi connectivity index (χ4v) is 2.21. The van der Waals surface area contributed by atoms with Crippen LogP contribution in [0.3, 0.4) is 0 Å². The van der Waals surface area contributed by atoms with E-state index in [1.54, 1.807) is 36.4 Å². The molecule has 3 aromatic carbocycles. The Balaban J connectivity index is 1.55. The Kier molecular flexibility index (Phi) is 5.93. The number of hydrogen-bond donors (Lipinski definition) is 2. The third-order valence-electron chi connectivity index (χ3n) is 3.45. The number of carbonyl (C=O) groups excluding carboxylic acids is 2. The molecule has 27 heavy (non-hydrogen) atoms. The molecule has 6 nitrogen and oxygen atoms in total. The SMILES string of the molecule is O=C(N/N=C/c1cccc(Oc2ccccc2)c1)C(=O)Nc1ccccc1. The quantitative estimate of drug-likeness (QED) is 0.415. The maximum absolute atomic E-state index is 11.8. The number of benzene rings is 3. The van der Waals surface area contributed by atoms with Gasteiger partial charge in [0.25, 0.3) is 0 Å². The highest BCUT2D eigenvalue weighted by Gasteiger charge is 2.12. The van der Waals surface area contributed by atoms with Gasteiger partial charge in [0.15, 0.2) is 0 Å². The van der Waals surface area contributed by atoms with Crippen LogP contribution < -0.4 is 15.5 Å². The maximum Gasteiger partial charge on any atom is 0.329 e. The van der Waals surface area contributed by atoms with Gasteiger partial charge in [0, 0.05) is 5.69 Å². The first-order valence-corrected chi connectivity index (χ1v) is 8.23. The van der Waals surface area contributed by atoms with Crippen LogP contribution in [0.25, 0.3) is 0 Å². The monoisotopic (exact) mass is 359 g/mol. The molecule has 0 saturated carbocycles. The van der Waals surface area contributed by atoms with Gasteiger partial charge in [0.1, 0.15) is 11.5 Å². The number of para-hydroxylation sites is 2. The lowest BCUT2D eigenvalue weighted by Crippen LogP contribution is -2.32. The molecule has 6 heteroatoms. The Bertz CT molecular complexity index is 941. The van der Waals surface area contributed by atoms with Gasteiger partial charge in [-0.1, -0.05) is 48.5 Å². The number of nitrogens with zero attached hydrogens (tertiary/aromatic N) is 1. The number of amides is 2. The highest BCUT2D eigenvalue weighted by molar-refractivity contribution is 6.39. The summed E-state index contributed by atoms with van der Waals surface area (Å²) < 4.78 is 5.74. The zero-order chi connectivity index (χ0) is 18.9. The van der Waals surface area contributed by atoms with Crippen molar-refractivity contribution in [2.75, 3.05) is 5.32 Å². The first-order valence-electron chi connectivity index (χ1n) is 8.23. The number of ether oxygens (including phenoxy) is 1. The summed E-state index contributed by atoms with van der Waals surface area (Å²) in [4.78, 5) is 23.6. The van der Waals surface area contributed by atoms with Crippen LogP contribution in [-0.4, -0.2) is 18.0 Å². The molecule has 2 N–H and O–H groups in total. The molecule has 0 aliphatic heterocycles. The van der Waals surface area contributed by atoms with Crippen LogP contribution in [0.5, 0.6) is 11.5 Å². The van der Waals surface area contributed by atoms with Gasteiger partial charge in [-0.3, -0.25) is 9.59 Å². The van der Waals surface area contributed by atoms with Crippen LogP contribution in [0.4, 0.5) is 5.69 Å². The molecule has 0 spiro atoms. The Labute approximate surface area is 156 Å². The van der Waals surface area contributed by atoms with E-state index in [0.29, 0.717) is 17.0 Å². The summed E-state index contributed by atoms with van der Waals surface area (Å²) in [5.74, 6) is -0.290. The van der Waals surface area contributed by atoms with Crippen molar-refractivity contribution >= 4 is 23.7 Å². The van der Waals surface area contributed by atoms with Crippen molar-refractivity contribution in [1.29, 1.82) is 0 Å². The van der Waals surface area contributed by atoms with Gasteiger partial charge < -0.3 is 10.1 Å². The molecule has 0 aliphatic rings. The number of anilines is 1. The minimum Gasteiger partial charge on any atom is -0.457 e. The van der Waals surface area contributed by atoms with Gasteiger partial charge in [-0.05, 0) is 42.0 Å². The minimum absolute atomic E-state index is 0.535. The summed E-state index contributed by atoms with van der Waals surface area (Å²) in [6.07, 6.45) is 1.44. The lowest BCUT2D eigenvalue weighted by molar-refractivity contribution is -0.136. The number of nitrogens with one attached hydrogen (secondary N) is 2.